The SMILES string of the molecule is O=C1OC2CCCCCCCCCCCCC=C12. The van der Waals surface area contributed by atoms with E-state index >= 15 is 0 Å². The summed E-state index contributed by atoms with van der Waals surface area (Å²) in [6, 6.07) is 0. The molecule has 0 bridgehead atoms. The van der Waals surface area contributed by atoms with Crippen molar-refractivity contribution in [3.05, 3.63) is 11.6 Å². The van der Waals surface area contributed by atoms with Gasteiger partial charge in [-0.15, -0.1) is 0 Å². The molecule has 102 valence electrons. The highest BCUT2D eigenvalue weighted by Crippen LogP contribution is 2.27. The van der Waals surface area contributed by atoms with E-state index in [0.29, 0.717) is 0 Å². The summed E-state index contributed by atoms with van der Waals surface area (Å²) in [5.74, 6) is -0.0654. The predicted octanol–water partition coefficient (Wildman–Crippen LogP) is 4.53. The van der Waals surface area contributed by atoms with Crippen LogP contribution in [-0.2, 0) is 9.53 Å². The first-order valence-corrected chi connectivity index (χ1v) is 7.79. The van der Waals surface area contributed by atoms with Gasteiger partial charge in [0.25, 0.3) is 0 Å². The standard InChI is InChI=1S/C16H26O2/c17-16-14-12-10-8-6-4-2-1-3-5-7-9-11-13-15(14)18-16/h12,15H,1-11,13H2. The molecule has 2 heteroatoms. The minimum atomic E-state index is -0.0654. The number of rotatable bonds is 0. The Balaban J connectivity index is 1.79. The van der Waals surface area contributed by atoms with Gasteiger partial charge in [-0.3, -0.25) is 0 Å². The van der Waals surface area contributed by atoms with Crippen LogP contribution in [0.25, 0.3) is 0 Å². The third-order valence-electron chi connectivity index (χ3n) is 4.12. The van der Waals surface area contributed by atoms with Crippen LogP contribution in [0, 0.1) is 0 Å². The van der Waals surface area contributed by atoms with E-state index in [4.69, 9.17) is 4.74 Å². The molecule has 0 spiro atoms. The zero-order valence-electron chi connectivity index (χ0n) is 11.5. The fourth-order valence-electron chi connectivity index (χ4n) is 2.91. The van der Waals surface area contributed by atoms with Gasteiger partial charge in [-0.05, 0) is 25.7 Å². The predicted molar refractivity (Wildman–Crippen MR) is 73.4 cm³/mol. The highest BCUT2D eigenvalue weighted by atomic mass is 16.6. The number of ether oxygens (including phenoxy) is 1. The Hall–Kier alpha value is -0.790. The third-order valence-corrected chi connectivity index (χ3v) is 4.12. The van der Waals surface area contributed by atoms with Gasteiger partial charge in [0.2, 0.25) is 0 Å². The van der Waals surface area contributed by atoms with Crippen molar-refractivity contribution < 1.29 is 9.53 Å². The molecule has 2 rings (SSSR count). The van der Waals surface area contributed by atoms with Crippen molar-refractivity contribution in [2.24, 2.45) is 0 Å². The minimum Gasteiger partial charge on any atom is -0.454 e. The lowest BCUT2D eigenvalue weighted by Crippen LogP contribution is -2.36. The van der Waals surface area contributed by atoms with Crippen LogP contribution >= 0.6 is 0 Å². The van der Waals surface area contributed by atoms with Crippen LogP contribution in [0.4, 0.5) is 0 Å². The quantitative estimate of drug-likeness (QED) is 0.590. The van der Waals surface area contributed by atoms with Gasteiger partial charge in [-0.25, -0.2) is 4.79 Å². The second-order valence-corrected chi connectivity index (χ2v) is 5.67. The van der Waals surface area contributed by atoms with Crippen LogP contribution in [0.3, 0.4) is 0 Å². The minimum absolute atomic E-state index is 0.0654. The van der Waals surface area contributed by atoms with E-state index in [-0.39, 0.29) is 12.1 Å². The summed E-state index contributed by atoms with van der Waals surface area (Å²) < 4.78 is 5.22. The number of fused-ring (bicyclic) bond motifs is 1. The highest BCUT2D eigenvalue weighted by molar-refractivity contribution is 5.95. The van der Waals surface area contributed by atoms with Crippen molar-refractivity contribution >= 4 is 5.97 Å². The average molecular weight is 250 g/mol. The lowest BCUT2D eigenvalue weighted by atomic mass is 9.96. The number of carbonyl (C=O) groups excluding carboxylic acids is 1. The maximum absolute atomic E-state index is 11.4. The van der Waals surface area contributed by atoms with Crippen molar-refractivity contribution in [2.45, 2.75) is 83.2 Å². The summed E-state index contributed by atoms with van der Waals surface area (Å²) in [4.78, 5) is 11.4. The molecule has 1 atom stereocenters. The Labute approximate surface area is 111 Å². The van der Waals surface area contributed by atoms with Gasteiger partial charge in [0.15, 0.2) is 0 Å². The van der Waals surface area contributed by atoms with E-state index in [0.717, 1.165) is 18.4 Å². The van der Waals surface area contributed by atoms with Crippen molar-refractivity contribution in [2.75, 3.05) is 0 Å². The molecule has 1 aliphatic carbocycles. The molecule has 2 nitrogen and oxygen atoms in total. The van der Waals surface area contributed by atoms with Gasteiger partial charge in [0.05, 0.1) is 5.57 Å². The maximum Gasteiger partial charge on any atom is 0.338 e. The van der Waals surface area contributed by atoms with Gasteiger partial charge in [-0.2, -0.15) is 0 Å². The summed E-state index contributed by atoms with van der Waals surface area (Å²) in [5.41, 5.74) is 0.963. The zero-order valence-corrected chi connectivity index (χ0v) is 11.5. The van der Waals surface area contributed by atoms with E-state index in [1.165, 1.54) is 64.2 Å². The lowest BCUT2D eigenvalue weighted by molar-refractivity contribution is -0.156. The van der Waals surface area contributed by atoms with E-state index in [2.05, 4.69) is 6.08 Å². The highest BCUT2D eigenvalue weighted by Gasteiger charge is 2.34. The molecule has 18 heavy (non-hydrogen) atoms. The Morgan fingerprint density at radius 2 is 1.39 bits per heavy atom. The molecular weight excluding hydrogens is 224 g/mol. The summed E-state index contributed by atoms with van der Waals surface area (Å²) in [5, 5.41) is 0. The molecule has 1 saturated heterocycles. The molecule has 0 aromatic carbocycles. The second-order valence-electron chi connectivity index (χ2n) is 5.67. The van der Waals surface area contributed by atoms with E-state index in [9.17, 15) is 4.79 Å². The second kappa shape index (κ2) is 7.60. The molecule has 0 N–H and O–H groups in total. The van der Waals surface area contributed by atoms with E-state index < -0.39 is 0 Å². The Kier molecular flexibility index (Phi) is 5.76. The molecular formula is C16H26O2. The summed E-state index contributed by atoms with van der Waals surface area (Å²) >= 11 is 0. The van der Waals surface area contributed by atoms with Crippen molar-refractivity contribution in [1.82, 2.24) is 0 Å². The van der Waals surface area contributed by atoms with Crippen LogP contribution in [0.5, 0.6) is 0 Å². The van der Waals surface area contributed by atoms with Gasteiger partial charge >= 0.3 is 5.97 Å². The molecule has 0 aromatic rings. The topological polar surface area (TPSA) is 26.3 Å². The number of hydrogen-bond acceptors (Lipinski definition) is 2. The van der Waals surface area contributed by atoms with Gasteiger partial charge in [0.1, 0.15) is 6.10 Å². The number of esters is 1. The molecule has 1 unspecified atom stereocenters. The Morgan fingerprint density at radius 1 is 0.833 bits per heavy atom. The molecule has 0 saturated carbocycles. The fraction of sp³-hybridized carbons (Fsp3) is 0.812. The molecule has 0 radical (unpaired) electrons. The van der Waals surface area contributed by atoms with Crippen LogP contribution < -0.4 is 0 Å². The van der Waals surface area contributed by atoms with Crippen LogP contribution in [-0.4, -0.2) is 12.1 Å². The first-order valence-electron chi connectivity index (χ1n) is 7.79. The molecule has 2 aliphatic rings. The summed E-state index contributed by atoms with van der Waals surface area (Å²) in [6.07, 6.45) is 17.7. The molecule has 1 fully saturated rings. The zero-order chi connectivity index (χ0) is 12.6. The molecule has 0 amide bonds. The summed E-state index contributed by atoms with van der Waals surface area (Å²) in [7, 11) is 0. The largest absolute Gasteiger partial charge is 0.454 e. The smallest absolute Gasteiger partial charge is 0.338 e. The van der Waals surface area contributed by atoms with Crippen molar-refractivity contribution in [3.63, 3.8) is 0 Å². The van der Waals surface area contributed by atoms with Gasteiger partial charge in [0, 0.05) is 0 Å². The fourth-order valence-corrected chi connectivity index (χ4v) is 2.91. The third kappa shape index (κ3) is 4.15. The van der Waals surface area contributed by atoms with E-state index in [1.807, 2.05) is 0 Å². The van der Waals surface area contributed by atoms with Gasteiger partial charge < -0.3 is 4.74 Å². The first-order chi connectivity index (χ1) is 8.88. The number of carbonyl (C=O) groups is 1. The summed E-state index contributed by atoms with van der Waals surface area (Å²) in [6.45, 7) is 0. The van der Waals surface area contributed by atoms with Crippen molar-refractivity contribution in [3.8, 4) is 0 Å². The number of allylic oxidation sites excluding steroid dienone is 1. The molecule has 0 aromatic heterocycles. The van der Waals surface area contributed by atoms with Crippen LogP contribution in [0.15, 0.2) is 11.6 Å². The Morgan fingerprint density at radius 3 is 2.00 bits per heavy atom. The lowest BCUT2D eigenvalue weighted by Gasteiger charge is -2.29. The molecule has 1 heterocycles. The van der Waals surface area contributed by atoms with Crippen molar-refractivity contribution in [1.29, 1.82) is 0 Å². The first kappa shape index (κ1) is 13.6. The van der Waals surface area contributed by atoms with Gasteiger partial charge in [-0.1, -0.05) is 57.4 Å². The Bertz CT molecular complexity index is 293. The molecule has 1 aliphatic heterocycles. The number of hydrogen-bond donors (Lipinski definition) is 0. The van der Waals surface area contributed by atoms with Crippen LogP contribution in [0.2, 0.25) is 0 Å². The van der Waals surface area contributed by atoms with Crippen LogP contribution in [0.1, 0.15) is 77.0 Å². The van der Waals surface area contributed by atoms with E-state index in [1.54, 1.807) is 0 Å². The monoisotopic (exact) mass is 250 g/mol. The average Bonchev–Trinajstić information content (AvgIpc) is 2.37. The normalized spacial score (nSPS) is 27.9. The maximum atomic E-state index is 11.4.